The summed E-state index contributed by atoms with van der Waals surface area (Å²) in [5.41, 5.74) is 2.66. The van der Waals surface area contributed by atoms with Crippen LogP contribution in [0.3, 0.4) is 0 Å². The number of ether oxygens (including phenoxy) is 1. The van der Waals surface area contributed by atoms with Gasteiger partial charge in [0, 0.05) is 18.7 Å². The van der Waals surface area contributed by atoms with E-state index in [0.717, 1.165) is 19.3 Å². The molecule has 3 nitrogen and oxygen atoms in total. The third-order valence-electron chi connectivity index (χ3n) is 3.05. The van der Waals surface area contributed by atoms with Crippen molar-refractivity contribution in [3.63, 3.8) is 0 Å². The van der Waals surface area contributed by atoms with E-state index in [2.05, 4.69) is 43.7 Å². The van der Waals surface area contributed by atoms with Crippen LogP contribution < -0.4 is 0 Å². The smallest absolute Gasteiger partial charge is 0.0682 e. The van der Waals surface area contributed by atoms with Crippen LogP contribution in [0.25, 0.3) is 0 Å². The average molecular weight is 222 g/mol. The number of hydrogen-bond donors (Lipinski definition) is 0. The minimum atomic E-state index is 0.318. The molecule has 0 aromatic carbocycles. The molecule has 1 aromatic heterocycles. The van der Waals surface area contributed by atoms with E-state index in [9.17, 15) is 0 Å². The van der Waals surface area contributed by atoms with Gasteiger partial charge in [0.15, 0.2) is 0 Å². The van der Waals surface area contributed by atoms with Gasteiger partial charge in [-0.25, -0.2) is 0 Å². The van der Waals surface area contributed by atoms with Crippen LogP contribution in [0, 0.1) is 0 Å². The zero-order valence-corrected chi connectivity index (χ0v) is 10.7. The average Bonchev–Trinajstić information content (AvgIpc) is 2.59. The largest absolute Gasteiger partial charge is 0.375 e. The van der Waals surface area contributed by atoms with Gasteiger partial charge in [-0.1, -0.05) is 0 Å². The van der Waals surface area contributed by atoms with Crippen LogP contribution in [0.5, 0.6) is 0 Å². The fraction of sp³-hybridized carbons (Fsp3) is 0.769. The molecule has 2 rings (SSSR count). The normalized spacial score (nSPS) is 20.5. The summed E-state index contributed by atoms with van der Waals surface area (Å²) in [5.74, 6) is 0. The van der Waals surface area contributed by atoms with Crippen molar-refractivity contribution in [2.45, 2.75) is 65.2 Å². The molecule has 0 radical (unpaired) electrons. The third-order valence-corrected chi connectivity index (χ3v) is 3.05. The van der Waals surface area contributed by atoms with E-state index in [0.29, 0.717) is 18.2 Å². The molecule has 0 saturated carbocycles. The van der Waals surface area contributed by atoms with Gasteiger partial charge in [-0.05, 0) is 46.1 Å². The summed E-state index contributed by atoms with van der Waals surface area (Å²) in [6.07, 6.45) is 6.11. The predicted octanol–water partition coefficient (Wildman–Crippen LogP) is 2.75. The van der Waals surface area contributed by atoms with Gasteiger partial charge in [-0.3, -0.25) is 4.68 Å². The molecule has 0 spiro atoms. The number of rotatable bonds is 3. The lowest BCUT2D eigenvalue weighted by Crippen LogP contribution is -2.25. The zero-order valence-electron chi connectivity index (χ0n) is 10.7. The summed E-state index contributed by atoms with van der Waals surface area (Å²) < 4.78 is 7.94. The summed E-state index contributed by atoms with van der Waals surface area (Å²) in [5, 5.41) is 4.64. The van der Waals surface area contributed by atoms with E-state index in [4.69, 9.17) is 4.74 Å². The van der Waals surface area contributed by atoms with Gasteiger partial charge in [-0.15, -0.1) is 0 Å². The highest BCUT2D eigenvalue weighted by Crippen LogP contribution is 2.24. The van der Waals surface area contributed by atoms with Crippen LogP contribution in [0.1, 0.15) is 51.4 Å². The third kappa shape index (κ3) is 2.46. The Morgan fingerprint density at radius 1 is 1.38 bits per heavy atom. The van der Waals surface area contributed by atoms with E-state index in [1.165, 1.54) is 11.3 Å². The number of aromatic nitrogens is 2. The summed E-state index contributed by atoms with van der Waals surface area (Å²) in [4.78, 5) is 0. The van der Waals surface area contributed by atoms with Crippen LogP contribution in [-0.2, 0) is 17.6 Å². The Morgan fingerprint density at radius 2 is 2.12 bits per heavy atom. The highest BCUT2D eigenvalue weighted by molar-refractivity contribution is 5.21. The van der Waals surface area contributed by atoms with Gasteiger partial charge in [-0.2, -0.15) is 5.10 Å². The molecule has 90 valence electrons. The van der Waals surface area contributed by atoms with Crippen LogP contribution in [-0.4, -0.2) is 22.0 Å². The molecule has 1 unspecified atom stereocenters. The van der Waals surface area contributed by atoms with Crippen molar-refractivity contribution in [2.24, 2.45) is 0 Å². The molecule has 3 heteroatoms. The quantitative estimate of drug-likeness (QED) is 0.786. The molecule has 0 amide bonds. The first-order chi connectivity index (χ1) is 7.56. The van der Waals surface area contributed by atoms with E-state index < -0.39 is 0 Å². The molecule has 16 heavy (non-hydrogen) atoms. The second-order valence-corrected chi connectivity index (χ2v) is 5.22. The highest BCUT2D eigenvalue weighted by atomic mass is 16.5. The van der Waals surface area contributed by atoms with Crippen molar-refractivity contribution in [3.8, 4) is 0 Å². The molecule has 1 atom stereocenters. The van der Waals surface area contributed by atoms with Crippen molar-refractivity contribution < 1.29 is 4.74 Å². The first-order valence-corrected chi connectivity index (χ1v) is 6.28. The molecule has 0 fully saturated rings. The van der Waals surface area contributed by atoms with Gasteiger partial charge in [0.05, 0.1) is 17.9 Å². The number of aryl methyl sites for hydroxylation is 1. The highest BCUT2D eigenvalue weighted by Gasteiger charge is 2.23. The number of nitrogens with zero attached hydrogens (tertiary/aromatic N) is 2. The first-order valence-electron chi connectivity index (χ1n) is 6.28. The Balaban J connectivity index is 2.08. The van der Waals surface area contributed by atoms with Crippen molar-refractivity contribution in [1.82, 2.24) is 9.78 Å². The first kappa shape index (κ1) is 11.6. The van der Waals surface area contributed by atoms with Gasteiger partial charge in [0.2, 0.25) is 0 Å². The van der Waals surface area contributed by atoms with Crippen molar-refractivity contribution in [2.75, 3.05) is 0 Å². The maximum Gasteiger partial charge on any atom is 0.0682 e. The minimum absolute atomic E-state index is 0.318. The van der Waals surface area contributed by atoms with Gasteiger partial charge in [0.1, 0.15) is 0 Å². The molecule has 1 aromatic rings. The second kappa shape index (κ2) is 4.58. The van der Waals surface area contributed by atoms with Crippen molar-refractivity contribution in [1.29, 1.82) is 0 Å². The molecule has 1 aliphatic rings. The molecule has 0 bridgehead atoms. The monoisotopic (exact) mass is 222 g/mol. The van der Waals surface area contributed by atoms with Gasteiger partial charge >= 0.3 is 0 Å². The fourth-order valence-corrected chi connectivity index (χ4v) is 2.25. The summed E-state index contributed by atoms with van der Waals surface area (Å²) in [7, 11) is 0. The van der Waals surface area contributed by atoms with Crippen molar-refractivity contribution in [3.05, 3.63) is 17.5 Å². The number of fused-ring (bicyclic) bond motifs is 1. The Hall–Kier alpha value is -0.830. The van der Waals surface area contributed by atoms with E-state index >= 15 is 0 Å². The zero-order chi connectivity index (χ0) is 11.7. The molecular weight excluding hydrogens is 200 g/mol. The molecule has 1 heterocycles. The van der Waals surface area contributed by atoms with E-state index in [-0.39, 0.29) is 0 Å². The Labute approximate surface area is 97.8 Å². The standard InChI is InChI=1S/C13H22N2O/c1-9(2)15-8-11-5-6-12(16-10(3)4)7-13(11)14-15/h8-10,12H,5-7H2,1-4H3. The molecule has 0 N–H and O–H groups in total. The lowest BCUT2D eigenvalue weighted by molar-refractivity contribution is 0.000339. The Kier molecular flexibility index (Phi) is 3.33. The SMILES string of the molecule is CC(C)OC1CCc2cn(C(C)C)nc2C1. The minimum Gasteiger partial charge on any atom is -0.375 e. The summed E-state index contributed by atoms with van der Waals surface area (Å²) in [6.45, 7) is 8.53. The Bertz CT molecular complexity index is 355. The van der Waals surface area contributed by atoms with Crippen LogP contribution in [0.4, 0.5) is 0 Å². The van der Waals surface area contributed by atoms with Crippen LogP contribution >= 0.6 is 0 Å². The van der Waals surface area contributed by atoms with Crippen LogP contribution in [0.15, 0.2) is 6.20 Å². The van der Waals surface area contributed by atoms with Crippen molar-refractivity contribution >= 4 is 0 Å². The maximum absolute atomic E-state index is 5.87. The van der Waals surface area contributed by atoms with E-state index in [1.807, 2.05) is 0 Å². The summed E-state index contributed by atoms with van der Waals surface area (Å²) in [6, 6.07) is 0.454. The second-order valence-electron chi connectivity index (χ2n) is 5.22. The van der Waals surface area contributed by atoms with E-state index in [1.54, 1.807) is 0 Å². The number of hydrogen-bond acceptors (Lipinski definition) is 2. The maximum atomic E-state index is 5.87. The predicted molar refractivity (Wildman–Crippen MR) is 64.6 cm³/mol. The lowest BCUT2D eigenvalue weighted by atomic mass is 9.95. The molecule has 0 aliphatic heterocycles. The fourth-order valence-electron chi connectivity index (χ4n) is 2.25. The molecule has 0 saturated heterocycles. The molecule has 1 aliphatic carbocycles. The van der Waals surface area contributed by atoms with Gasteiger partial charge < -0.3 is 4.74 Å². The molecular formula is C13H22N2O. The lowest BCUT2D eigenvalue weighted by Gasteiger charge is -2.23. The van der Waals surface area contributed by atoms with Gasteiger partial charge in [0.25, 0.3) is 0 Å². The Morgan fingerprint density at radius 3 is 2.75 bits per heavy atom. The van der Waals surface area contributed by atoms with Crippen LogP contribution in [0.2, 0.25) is 0 Å². The topological polar surface area (TPSA) is 27.1 Å². The summed E-state index contributed by atoms with van der Waals surface area (Å²) >= 11 is 0.